The van der Waals surface area contributed by atoms with E-state index < -0.39 is 0 Å². The van der Waals surface area contributed by atoms with Gasteiger partial charge in [-0.1, -0.05) is 12.1 Å². The molecule has 0 N–H and O–H groups in total. The number of anilines is 1. The van der Waals surface area contributed by atoms with Gasteiger partial charge in [0.05, 0.1) is 0 Å². The summed E-state index contributed by atoms with van der Waals surface area (Å²) in [6.45, 7) is 3.79. The molecule has 1 heterocycles. The number of hydrogen-bond donors (Lipinski definition) is 0. The van der Waals surface area contributed by atoms with E-state index in [9.17, 15) is 9.59 Å². The topological polar surface area (TPSA) is 42.3 Å². The second kappa shape index (κ2) is 5.85. The lowest BCUT2D eigenvalue weighted by Gasteiger charge is -2.18. The molecule has 2 aromatic rings. The monoisotopic (exact) mass is 348 g/mol. The minimum absolute atomic E-state index is 0.152. The van der Waals surface area contributed by atoms with Crippen LogP contribution in [0.2, 0.25) is 0 Å². The molecular formula is C16H17BrN2O2. The number of carbonyl (C=O) groups is 1. The molecule has 0 aliphatic carbocycles. The van der Waals surface area contributed by atoms with Crippen LogP contribution in [0.25, 0.3) is 0 Å². The first-order valence-electron chi connectivity index (χ1n) is 6.53. The van der Waals surface area contributed by atoms with Gasteiger partial charge in [0.25, 0.3) is 11.5 Å². The number of pyridine rings is 1. The molecule has 0 aliphatic rings. The van der Waals surface area contributed by atoms with Crippen LogP contribution in [0.3, 0.4) is 0 Å². The summed E-state index contributed by atoms with van der Waals surface area (Å²) in [5.74, 6) is -0.318. The van der Waals surface area contributed by atoms with Gasteiger partial charge in [0.15, 0.2) is 0 Å². The Hall–Kier alpha value is -1.88. The minimum Gasteiger partial charge on any atom is -0.314 e. The highest BCUT2D eigenvalue weighted by molar-refractivity contribution is 9.10. The van der Waals surface area contributed by atoms with Crippen molar-refractivity contribution < 1.29 is 4.79 Å². The first-order valence-corrected chi connectivity index (χ1v) is 7.33. The summed E-state index contributed by atoms with van der Waals surface area (Å²) in [6.07, 6.45) is 0. The van der Waals surface area contributed by atoms with Gasteiger partial charge in [-0.05, 0) is 53.5 Å². The molecule has 110 valence electrons. The number of halogens is 1. The number of carbonyl (C=O) groups excluding carboxylic acids is 1. The Morgan fingerprint density at radius 3 is 2.52 bits per heavy atom. The minimum atomic E-state index is -0.318. The van der Waals surface area contributed by atoms with Crippen LogP contribution in [0, 0.1) is 13.8 Å². The highest BCUT2D eigenvalue weighted by atomic mass is 79.9. The van der Waals surface area contributed by atoms with Crippen molar-refractivity contribution in [2.45, 2.75) is 13.8 Å². The van der Waals surface area contributed by atoms with Crippen LogP contribution in [0.15, 0.2) is 39.6 Å². The number of nitrogens with zero attached hydrogens (tertiary/aromatic N) is 2. The molecule has 4 nitrogen and oxygen atoms in total. The van der Waals surface area contributed by atoms with E-state index in [4.69, 9.17) is 0 Å². The zero-order valence-corrected chi connectivity index (χ0v) is 14.1. The number of aromatic nitrogens is 1. The smallest absolute Gasteiger partial charge is 0.263 e. The van der Waals surface area contributed by atoms with Crippen molar-refractivity contribution in [1.29, 1.82) is 0 Å². The molecule has 1 aromatic carbocycles. The summed E-state index contributed by atoms with van der Waals surface area (Å²) >= 11 is 3.39. The summed E-state index contributed by atoms with van der Waals surface area (Å²) in [5, 5.41) is 0. The Kier molecular flexibility index (Phi) is 4.32. The van der Waals surface area contributed by atoms with Gasteiger partial charge < -0.3 is 9.47 Å². The predicted molar refractivity (Wildman–Crippen MR) is 88.0 cm³/mol. The third kappa shape index (κ3) is 2.93. The molecule has 0 radical (unpaired) electrons. The van der Waals surface area contributed by atoms with Crippen LogP contribution in [0.5, 0.6) is 0 Å². The second-order valence-corrected chi connectivity index (χ2v) is 5.91. The third-order valence-electron chi connectivity index (χ3n) is 3.58. The Morgan fingerprint density at radius 2 is 1.90 bits per heavy atom. The fourth-order valence-electron chi connectivity index (χ4n) is 2.07. The molecular weight excluding hydrogens is 332 g/mol. The largest absolute Gasteiger partial charge is 0.314 e. The van der Waals surface area contributed by atoms with E-state index in [0.29, 0.717) is 0 Å². The summed E-state index contributed by atoms with van der Waals surface area (Å²) in [4.78, 5) is 26.4. The second-order valence-electron chi connectivity index (χ2n) is 5.06. The van der Waals surface area contributed by atoms with Gasteiger partial charge in [-0.25, -0.2) is 0 Å². The first kappa shape index (κ1) is 15.5. The predicted octanol–water partition coefficient (Wildman–Crippen LogP) is 3.04. The number of amides is 1. The number of rotatable bonds is 2. The van der Waals surface area contributed by atoms with Crippen LogP contribution in [0.4, 0.5) is 5.69 Å². The summed E-state index contributed by atoms with van der Waals surface area (Å²) in [6, 6.07) is 9.19. The van der Waals surface area contributed by atoms with Gasteiger partial charge in [0, 0.05) is 29.9 Å². The van der Waals surface area contributed by atoms with Crippen LogP contribution >= 0.6 is 15.9 Å². The molecule has 0 fully saturated rings. The van der Waals surface area contributed by atoms with E-state index in [2.05, 4.69) is 15.9 Å². The quantitative estimate of drug-likeness (QED) is 0.836. The maximum Gasteiger partial charge on any atom is 0.263 e. The molecule has 0 unspecified atom stereocenters. The average molecular weight is 349 g/mol. The highest BCUT2D eigenvalue weighted by Gasteiger charge is 2.19. The van der Waals surface area contributed by atoms with Crippen molar-refractivity contribution in [1.82, 2.24) is 4.57 Å². The van der Waals surface area contributed by atoms with E-state index in [-0.39, 0.29) is 17.0 Å². The molecule has 0 atom stereocenters. The van der Waals surface area contributed by atoms with Crippen molar-refractivity contribution in [3.63, 3.8) is 0 Å². The normalized spacial score (nSPS) is 10.5. The Morgan fingerprint density at radius 1 is 1.24 bits per heavy atom. The van der Waals surface area contributed by atoms with E-state index in [1.807, 2.05) is 38.1 Å². The number of aryl methyl sites for hydroxylation is 1. The SMILES string of the molecule is Cc1cccc(N(C)C(=O)c2cc(Br)c(C)n(C)c2=O)c1. The molecule has 1 amide bonds. The van der Waals surface area contributed by atoms with E-state index in [1.165, 1.54) is 9.47 Å². The molecule has 0 aliphatic heterocycles. The molecule has 0 spiro atoms. The Bertz CT molecular complexity index is 765. The lowest BCUT2D eigenvalue weighted by molar-refractivity contribution is 0.0991. The van der Waals surface area contributed by atoms with Crippen molar-refractivity contribution >= 4 is 27.5 Å². The van der Waals surface area contributed by atoms with Crippen LogP contribution < -0.4 is 10.5 Å². The highest BCUT2D eigenvalue weighted by Crippen LogP contribution is 2.19. The Labute approximate surface area is 132 Å². The first-order chi connectivity index (χ1) is 9.82. The lowest BCUT2D eigenvalue weighted by Crippen LogP contribution is -2.34. The zero-order chi connectivity index (χ0) is 15.7. The third-order valence-corrected chi connectivity index (χ3v) is 4.38. The molecule has 1 aromatic heterocycles. The van der Waals surface area contributed by atoms with Crippen molar-refractivity contribution in [3.05, 3.63) is 62.0 Å². The summed E-state index contributed by atoms with van der Waals surface area (Å²) in [5.41, 5.74) is 2.47. The van der Waals surface area contributed by atoms with E-state index in [1.54, 1.807) is 20.2 Å². The van der Waals surface area contributed by atoms with E-state index >= 15 is 0 Å². The van der Waals surface area contributed by atoms with Crippen LogP contribution in [-0.4, -0.2) is 17.5 Å². The molecule has 2 rings (SSSR count). The van der Waals surface area contributed by atoms with Crippen molar-refractivity contribution in [3.8, 4) is 0 Å². The standard InChI is InChI=1S/C16H17BrN2O2/c1-10-6-5-7-12(8-10)19(4)16(21)13-9-14(17)11(2)18(3)15(13)20/h5-9H,1-4H3. The maximum absolute atomic E-state index is 12.6. The molecule has 0 bridgehead atoms. The molecule has 5 heteroatoms. The van der Waals surface area contributed by atoms with Crippen LogP contribution in [-0.2, 0) is 7.05 Å². The van der Waals surface area contributed by atoms with Crippen LogP contribution in [0.1, 0.15) is 21.6 Å². The van der Waals surface area contributed by atoms with Gasteiger partial charge in [-0.3, -0.25) is 9.59 Å². The fourth-order valence-corrected chi connectivity index (χ4v) is 2.57. The van der Waals surface area contributed by atoms with Gasteiger partial charge in [-0.15, -0.1) is 0 Å². The molecule has 21 heavy (non-hydrogen) atoms. The Balaban J connectivity index is 2.48. The fraction of sp³-hybridized carbons (Fsp3) is 0.250. The summed E-state index contributed by atoms with van der Waals surface area (Å²) in [7, 11) is 3.33. The van der Waals surface area contributed by atoms with Gasteiger partial charge in [-0.2, -0.15) is 0 Å². The van der Waals surface area contributed by atoms with Gasteiger partial charge in [0.1, 0.15) is 5.56 Å². The van der Waals surface area contributed by atoms with Crippen molar-refractivity contribution in [2.75, 3.05) is 11.9 Å². The van der Waals surface area contributed by atoms with E-state index in [0.717, 1.165) is 21.4 Å². The number of hydrogen-bond acceptors (Lipinski definition) is 2. The zero-order valence-electron chi connectivity index (χ0n) is 12.5. The number of benzene rings is 1. The average Bonchev–Trinajstić information content (AvgIpc) is 2.47. The van der Waals surface area contributed by atoms with Gasteiger partial charge in [0.2, 0.25) is 0 Å². The summed E-state index contributed by atoms with van der Waals surface area (Å²) < 4.78 is 2.21. The molecule has 0 saturated carbocycles. The van der Waals surface area contributed by atoms with Gasteiger partial charge >= 0.3 is 0 Å². The lowest BCUT2D eigenvalue weighted by atomic mass is 10.1. The van der Waals surface area contributed by atoms with Crippen molar-refractivity contribution in [2.24, 2.45) is 7.05 Å². The maximum atomic E-state index is 12.6. The molecule has 0 saturated heterocycles.